The van der Waals surface area contributed by atoms with E-state index in [1.807, 2.05) is 12.1 Å². The average molecular weight is 558 g/mol. The van der Waals surface area contributed by atoms with E-state index in [1.54, 1.807) is 48.2 Å². The van der Waals surface area contributed by atoms with E-state index >= 15 is 0 Å². The van der Waals surface area contributed by atoms with Crippen molar-refractivity contribution in [3.05, 3.63) is 100 Å². The van der Waals surface area contributed by atoms with E-state index < -0.39 is 23.7 Å². The van der Waals surface area contributed by atoms with Crippen molar-refractivity contribution in [2.24, 2.45) is 0 Å². The van der Waals surface area contributed by atoms with E-state index in [0.717, 1.165) is 5.56 Å². The molecule has 39 heavy (non-hydrogen) atoms. The van der Waals surface area contributed by atoms with Gasteiger partial charge in [-0.05, 0) is 61.0 Å². The van der Waals surface area contributed by atoms with Crippen molar-refractivity contribution < 1.29 is 27.8 Å². The highest BCUT2D eigenvalue weighted by molar-refractivity contribution is 6.30. The summed E-state index contributed by atoms with van der Waals surface area (Å²) in [6.07, 6.45) is -0.459. The summed E-state index contributed by atoms with van der Waals surface area (Å²) in [5.74, 6) is -1.72. The minimum atomic E-state index is -0.653. The number of anilines is 1. The van der Waals surface area contributed by atoms with Crippen molar-refractivity contribution in [2.75, 3.05) is 44.6 Å². The lowest BCUT2D eigenvalue weighted by molar-refractivity contribution is 0.00376. The van der Waals surface area contributed by atoms with Gasteiger partial charge in [-0.25, -0.2) is 18.4 Å². The molecular formula is C29H30ClF2N3O4. The average Bonchev–Trinajstić information content (AvgIpc) is 2.93. The van der Waals surface area contributed by atoms with Crippen LogP contribution in [-0.2, 0) is 16.1 Å². The molecule has 0 bridgehead atoms. The first-order valence-corrected chi connectivity index (χ1v) is 13.1. The standard InChI is InChI=1S/C29H30ClF2N3O4/c1-2-38-28(36)21-8-12-23(13-9-21)33-29(37)35-16-14-34(15-17-35)18-27(20-6-10-22(30)11-7-20)39-19-24-25(31)4-3-5-26(24)32/h3-13,27H,2,14-19H2,1H3,(H,33,37)/t27-/m1/s1. The largest absolute Gasteiger partial charge is 0.462 e. The summed E-state index contributed by atoms with van der Waals surface area (Å²) in [7, 11) is 0. The molecular weight excluding hydrogens is 528 g/mol. The number of piperazine rings is 1. The minimum absolute atomic E-state index is 0.117. The van der Waals surface area contributed by atoms with Crippen LogP contribution >= 0.6 is 11.6 Å². The number of hydrogen-bond donors (Lipinski definition) is 1. The number of carbonyl (C=O) groups excluding carboxylic acids is 2. The smallest absolute Gasteiger partial charge is 0.338 e. The van der Waals surface area contributed by atoms with E-state index in [1.165, 1.54) is 18.2 Å². The first-order valence-electron chi connectivity index (χ1n) is 12.7. The number of halogens is 3. The zero-order chi connectivity index (χ0) is 27.8. The number of nitrogens with zero attached hydrogens (tertiary/aromatic N) is 2. The lowest BCUT2D eigenvalue weighted by Gasteiger charge is -2.36. The monoisotopic (exact) mass is 557 g/mol. The molecule has 1 fully saturated rings. The number of esters is 1. The van der Waals surface area contributed by atoms with Crippen LogP contribution in [0.15, 0.2) is 66.7 Å². The van der Waals surface area contributed by atoms with Crippen molar-refractivity contribution in [3.63, 3.8) is 0 Å². The van der Waals surface area contributed by atoms with Crippen molar-refractivity contribution in [2.45, 2.75) is 19.6 Å². The number of benzene rings is 3. The Morgan fingerprint density at radius 3 is 2.21 bits per heavy atom. The maximum Gasteiger partial charge on any atom is 0.338 e. The summed E-state index contributed by atoms with van der Waals surface area (Å²) in [6, 6.07) is 17.2. The van der Waals surface area contributed by atoms with Crippen LogP contribution in [0.3, 0.4) is 0 Å². The molecule has 1 N–H and O–H groups in total. The molecule has 0 aromatic heterocycles. The van der Waals surface area contributed by atoms with Crippen molar-refractivity contribution >= 4 is 29.3 Å². The number of rotatable bonds is 9. The Balaban J connectivity index is 1.33. The molecule has 1 aliphatic heterocycles. The summed E-state index contributed by atoms with van der Waals surface area (Å²) >= 11 is 6.05. The third-order valence-electron chi connectivity index (χ3n) is 6.46. The van der Waals surface area contributed by atoms with E-state index in [9.17, 15) is 18.4 Å². The Labute approximate surface area is 231 Å². The molecule has 7 nitrogen and oxygen atoms in total. The molecule has 4 rings (SSSR count). The van der Waals surface area contributed by atoms with Gasteiger partial charge in [-0.2, -0.15) is 0 Å². The van der Waals surface area contributed by atoms with Crippen molar-refractivity contribution in [1.29, 1.82) is 0 Å². The third kappa shape index (κ3) is 7.75. The van der Waals surface area contributed by atoms with E-state index in [0.29, 0.717) is 55.6 Å². The molecule has 3 aromatic carbocycles. The van der Waals surface area contributed by atoms with Gasteiger partial charge < -0.3 is 19.7 Å². The lowest BCUT2D eigenvalue weighted by atomic mass is 10.1. The fourth-order valence-electron chi connectivity index (χ4n) is 4.26. The van der Waals surface area contributed by atoms with Gasteiger partial charge in [-0.3, -0.25) is 4.90 Å². The minimum Gasteiger partial charge on any atom is -0.462 e. The molecule has 2 amide bonds. The number of ether oxygens (including phenoxy) is 2. The molecule has 0 aliphatic carbocycles. The first kappa shape index (κ1) is 28.5. The van der Waals surface area contributed by atoms with E-state index in [2.05, 4.69) is 10.2 Å². The van der Waals surface area contributed by atoms with Crippen LogP contribution in [0.2, 0.25) is 5.02 Å². The Morgan fingerprint density at radius 2 is 1.59 bits per heavy atom. The number of hydrogen-bond acceptors (Lipinski definition) is 5. The van der Waals surface area contributed by atoms with Gasteiger partial charge >= 0.3 is 12.0 Å². The number of amides is 2. The van der Waals surface area contributed by atoms with Crippen LogP contribution < -0.4 is 5.32 Å². The second-order valence-electron chi connectivity index (χ2n) is 9.07. The Hall–Kier alpha value is -3.53. The van der Waals surface area contributed by atoms with Crippen molar-refractivity contribution in [1.82, 2.24) is 9.80 Å². The summed E-state index contributed by atoms with van der Waals surface area (Å²) in [6.45, 7) is 4.45. The fourth-order valence-corrected chi connectivity index (χ4v) is 4.39. The van der Waals surface area contributed by atoms with Crippen LogP contribution in [0.5, 0.6) is 0 Å². The van der Waals surface area contributed by atoms with Crippen LogP contribution in [-0.4, -0.2) is 61.1 Å². The molecule has 1 atom stereocenters. The first-order chi connectivity index (χ1) is 18.8. The second-order valence-corrected chi connectivity index (χ2v) is 9.50. The highest BCUT2D eigenvalue weighted by Crippen LogP contribution is 2.25. The quantitative estimate of drug-likeness (QED) is 0.332. The predicted molar refractivity (Wildman–Crippen MR) is 145 cm³/mol. The second kappa shape index (κ2) is 13.5. The Morgan fingerprint density at radius 1 is 0.949 bits per heavy atom. The molecule has 0 unspecified atom stereocenters. The van der Waals surface area contributed by atoms with E-state index in [-0.39, 0.29) is 18.2 Å². The van der Waals surface area contributed by atoms with Gasteiger partial charge in [0.2, 0.25) is 0 Å². The van der Waals surface area contributed by atoms with Gasteiger partial charge in [-0.1, -0.05) is 29.8 Å². The van der Waals surface area contributed by atoms with Gasteiger partial charge in [0.15, 0.2) is 0 Å². The molecule has 1 aliphatic rings. The van der Waals surface area contributed by atoms with Crippen molar-refractivity contribution in [3.8, 4) is 0 Å². The zero-order valence-corrected chi connectivity index (χ0v) is 22.3. The molecule has 0 spiro atoms. The molecule has 0 radical (unpaired) electrons. The summed E-state index contributed by atoms with van der Waals surface area (Å²) < 4.78 is 39.3. The van der Waals surface area contributed by atoms with Gasteiger partial charge in [0.1, 0.15) is 11.6 Å². The van der Waals surface area contributed by atoms with Crippen LogP contribution in [0, 0.1) is 11.6 Å². The normalized spacial score (nSPS) is 14.6. The molecule has 10 heteroatoms. The lowest BCUT2D eigenvalue weighted by Crippen LogP contribution is -2.50. The highest BCUT2D eigenvalue weighted by Gasteiger charge is 2.25. The number of urea groups is 1. The fraction of sp³-hybridized carbons (Fsp3) is 0.310. The number of nitrogens with one attached hydrogen (secondary N) is 1. The maximum atomic E-state index is 14.2. The zero-order valence-electron chi connectivity index (χ0n) is 21.5. The highest BCUT2D eigenvalue weighted by atomic mass is 35.5. The molecule has 1 saturated heterocycles. The van der Waals surface area contributed by atoms with Crippen LogP contribution in [0.4, 0.5) is 19.3 Å². The topological polar surface area (TPSA) is 71.1 Å². The maximum absolute atomic E-state index is 14.2. The molecule has 1 heterocycles. The summed E-state index contributed by atoms with van der Waals surface area (Å²) in [5, 5.41) is 3.43. The Kier molecular flexibility index (Phi) is 9.86. The molecule has 3 aromatic rings. The third-order valence-corrected chi connectivity index (χ3v) is 6.72. The Bertz CT molecular complexity index is 1250. The number of carbonyl (C=O) groups is 2. The molecule has 206 valence electrons. The van der Waals surface area contributed by atoms with Gasteiger partial charge in [0.25, 0.3) is 0 Å². The van der Waals surface area contributed by atoms with Gasteiger partial charge in [0, 0.05) is 49.0 Å². The van der Waals surface area contributed by atoms with Gasteiger partial charge in [0.05, 0.1) is 24.9 Å². The summed E-state index contributed by atoms with van der Waals surface area (Å²) in [5.41, 5.74) is 1.71. The van der Waals surface area contributed by atoms with Crippen LogP contribution in [0.25, 0.3) is 0 Å². The van der Waals surface area contributed by atoms with E-state index in [4.69, 9.17) is 21.1 Å². The molecule has 0 saturated carbocycles. The van der Waals surface area contributed by atoms with Gasteiger partial charge in [-0.15, -0.1) is 0 Å². The summed E-state index contributed by atoms with van der Waals surface area (Å²) in [4.78, 5) is 28.5. The predicted octanol–water partition coefficient (Wildman–Crippen LogP) is 5.90. The van der Waals surface area contributed by atoms with Crippen LogP contribution in [0.1, 0.15) is 34.5 Å². The SMILES string of the molecule is CCOC(=O)c1ccc(NC(=O)N2CCN(C[C@@H](OCc3c(F)cccc3F)c3ccc(Cl)cc3)CC2)cc1.